The van der Waals surface area contributed by atoms with E-state index >= 15 is 0 Å². The quantitative estimate of drug-likeness (QED) is 0.725. The zero-order chi connectivity index (χ0) is 18.4. The number of benzene rings is 1. The van der Waals surface area contributed by atoms with Crippen molar-refractivity contribution in [1.29, 1.82) is 0 Å². The Hall–Kier alpha value is -1.91. The first-order valence-electron chi connectivity index (χ1n) is 8.44. The minimum atomic E-state index is -3.47. The SMILES string of the molecule is O=C(CSc1cn[nH]n1)Nc1ccc(S(=O)(=O)N2CCCCCC2)cc1. The van der Waals surface area contributed by atoms with Crippen LogP contribution in [0.4, 0.5) is 5.69 Å². The molecule has 2 heterocycles. The number of hydrogen-bond donors (Lipinski definition) is 2. The zero-order valence-corrected chi connectivity index (χ0v) is 15.9. The number of nitrogens with zero attached hydrogens (tertiary/aromatic N) is 3. The Kier molecular flexibility index (Phi) is 6.28. The van der Waals surface area contributed by atoms with Crippen LogP contribution >= 0.6 is 11.8 Å². The Morgan fingerprint density at radius 2 is 1.85 bits per heavy atom. The van der Waals surface area contributed by atoms with Crippen molar-refractivity contribution in [2.45, 2.75) is 35.6 Å². The van der Waals surface area contributed by atoms with Gasteiger partial charge in [0.2, 0.25) is 15.9 Å². The van der Waals surface area contributed by atoms with Crippen LogP contribution in [0.15, 0.2) is 40.4 Å². The van der Waals surface area contributed by atoms with Gasteiger partial charge in [0, 0.05) is 18.8 Å². The minimum Gasteiger partial charge on any atom is -0.325 e. The van der Waals surface area contributed by atoms with Crippen LogP contribution in [0.1, 0.15) is 25.7 Å². The molecule has 2 aromatic rings. The summed E-state index contributed by atoms with van der Waals surface area (Å²) in [5.41, 5.74) is 0.561. The molecule has 1 amide bonds. The third kappa shape index (κ3) is 4.83. The van der Waals surface area contributed by atoms with E-state index in [0.717, 1.165) is 25.7 Å². The first-order valence-corrected chi connectivity index (χ1v) is 10.9. The van der Waals surface area contributed by atoms with Crippen LogP contribution in [0.2, 0.25) is 0 Å². The number of anilines is 1. The molecule has 0 bridgehead atoms. The summed E-state index contributed by atoms with van der Waals surface area (Å²) < 4.78 is 27.0. The number of thioether (sulfide) groups is 1. The molecule has 1 aromatic carbocycles. The first-order chi connectivity index (χ1) is 12.6. The van der Waals surface area contributed by atoms with Gasteiger partial charge in [-0.3, -0.25) is 4.79 Å². The number of carbonyl (C=O) groups is 1. The van der Waals surface area contributed by atoms with E-state index in [2.05, 4.69) is 20.7 Å². The standard InChI is InChI=1S/C16H21N5O3S2/c22-15(12-25-16-11-17-20-19-16)18-13-5-7-14(8-6-13)26(23,24)21-9-3-1-2-4-10-21/h5-8,11H,1-4,9-10,12H2,(H,18,22)(H,17,19,20). The summed E-state index contributed by atoms with van der Waals surface area (Å²) in [6.07, 6.45) is 5.49. The molecule has 26 heavy (non-hydrogen) atoms. The van der Waals surface area contributed by atoms with Gasteiger partial charge in [-0.25, -0.2) is 8.42 Å². The van der Waals surface area contributed by atoms with Gasteiger partial charge >= 0.3 is 0 Å². The molecule has 10 heteroatoms. The van der Waals surface area contributed by atoms with Crippen molar-refractivity contribution in [2.24, 2.45) is 0 Å². The molecule has 8 nitrogen and oxygen atoms in total. The number of H-pyrrole nitrogens is 1. The number of nitrogens with one attached hydrogen (secondary N) is 2. The monoisotopic (exact) mass is 395 g/mol. The zero-order valence-electron chi connectivity index (χ0n) is 14.2. The highest BCUT2D eigenvalue weighted by atomic mass is 32.2. The van der Waals surface area contributed by atoms with Gasteiger partial charge in [0.25, 0.3) is 0 Å². The van der Waals surface area contributed by atoms with Gasteiger partial charge in [-0.1, -0.05) is 24.6 Å². The molecule has 3 rings (SSSR count). The van der Waals surface area contributed by atoms with E-state index in [9.17, 15) is 13.2 Å². The number of sulfonamides is 1. The van der Waals surface area contributed by atoms with Crippen LogP contribution < -0.4 is 5.32 Å². The summed E-state index contributed by atoms with van der Waals surface area (Å²) >= 11 is 1.26. The second-order valence-corrected chi connectivity index (χ2v) is 8.92. The van der Waals surface area contributed by atoms with E-state index in [0.29, 0.717) is 23.8 Å². The Bertz CT molecular complexity index is 814. The number of aromatic nitrogens is 3. The summed E-state index contributed by atoms with van der Waals surface area (Å²) in [6, 6.07) is 6.31. The molecule has 0 atom stereocenters. The van der Waals surface area contributed by atoms with Gasteiger partial charge in [0.05, 0.1) is 16.8 Å². The molecule has 0 saturated carbocycles. The normalized spacial score (nSPS) is 16.2. The lowest BCUT2D eigenvalue weighted by Crippen LogP contribution is -2.31. The topological polar surface area (TPSA) is 108 Å². The molecule has 1 aliphatic rings. The van der Waals surface area contributed by atoms with E-state index in [4.69, 9.17) is 0 Å². The van der Waals surface area contributed by atoms with Crippen LogP contribution in [0.3, 0.4) is 0 Å². The van der Waals surface area contributed by atoms with Crippen molar-refractivity contribution >= 4 is 33.4 Å². The van der Waals surface area contributed by atoms with E-state index in [-0.39, 0.29) is 16.6 Å². The summed E-state index contributed by atoms with van der Waals surface area (Å²) in [6.45, 7) is 1.14. The number of carbonyl (C=O) groups excluding carboxylic acids is 1. The fraction of sp³-hybridized carbons (Fsp3) is 0.438. The summed E-state index contributed by atoms with van der Waals surface area (Å²) in [4.78, 5) is 12.2. The smallest absolute Gasteiger partial charge is 0.243 e. The summed E-state index contributed by atoms with van der Waals surface area (Å²) in [5.74, 6) is 0.00140. The van der Waals surface area contributed by atoms with Gasteiger partial charge in [-0.2, -0.15) is 14.6 Å². The van der Waals surface area contributed by atoms with Crippen LogP contribution in [-0.4, -0.2) is 52.9 Å². The Labute approximate surface area is 156 Å². The van der Waals surface area contributed by atoms with Crippen LogP contribution in [0, 0.1) is 0 Å². The van der Waals surface area contributed by atoms with E-state index in [1.165, 1.54) is 11.8 Å². The maximum absolute atomic E-state index is 12.7. The van der Waals surface area contributed by atoms with Crippen molar-refractivity contribution < 1.29 is 13.2 Å². The highest BCUT2D eigenvalue weighted by molar-refractivity contribution is 7.99. The highest BCUT2D eigenvalue weighted by Gasteiger charge is 2.24. The third-order valence-electron chi connectivity index (χ3n) is 4.08. The predicted octanol–water partition coefficient (Wildman–Crippen LogP) is 2.10. The van der Waals surface area contributed by atoms with Crippen molar-refractivity contribution in [2.75, 3.05) is 24.2 Å². The molecule has 1 fully saturated rings. The second kappa shape index (κ2) is 8.65. The van der Waals surface area contributed by atoms with Gasteiger partial charge in [-0.15, -0.1) is 5.10 Å². The molecular formula is C16H21N5O3S2. The number of hydrogen-bond acceptors (Lipinski definition) is 6. The molecule has 0 radical (unpaired) electrons. The minimum absolute atomic E-state index is 0.193. The summed E-state index contributed by atoms with van der Waals surface area (Å²) in [7, 11) is -3.47. The van der Waals surface area contributed by atoms with Crippen molar-refractivity contribution in [3.8, 4) is 0 Å². The molecule has 140 valence electrons. The van der Waals surface area contributed by atoms with Crippen molar-refractivity contribution in [1.82, 2.24) is 19.7 Å². The van der Waals surface area contributed by atoms with Gasteiger partial charge in [0.15, 0.2) is 0 Å². The lowest BCUT2D eigenvalue weighted by molar-refractivity contribution is -0.113. The number of rotatable bonds is 6. The number of aromatic amines is 1. The third-order valence-corrected chi connectivity index (χ3v) is 6.90. The van der Waals surface area contributed by atoms with Crippen molar-refractivity contribution in [3.63, 3.8) is 0 Å². The molecule has 0 unspecified atom stereocenters. The largest absolute Gasteiger partial charge is 0.325 e. The molecule has 2 N–H and O–H groups in total. The molecule has 0 aliphatic carbocycles. The van der Waals surface area contributed by atoms with Gasteiger partial charge < -0.3 is 5.32 Å². The van der Waals surface area contributed by atoms with E-state index < -0.39 is 10.0 Å². The molecule has 0 spiro atoms. The molecule has 1 aliphatic heterocycles. The van der Waals surface area contributed by atoms with Gasteiger partial charge in [0.1, 0.15) is 5.03 Å². The first kappa shape index (κ1) is 18.9. The molecule has 1 saturated heterocycles. The molecule has 1 aromatic heterocycles. The number of amides is 1. The average Bonchev–Trinajstić information content (AvgIpc) is 3.00. The van der Waals surface area contributed by atoms with Crippen LogP contribution in [0.5, 0.6) is 0 Å². The lowest BCUT2D eigenvalue weighted by atomic mass is 10.2. The molecular weight excluding hydrogens is 374 g/mol. The average molecular weight is 396 g/mol. The van der Waals surface area contributed by atoms with Crippen LogP contribution in [0.25, 0.3) is 0 Å². The van der Waals surface area contributed by atoms with Crippen LogP contribution in [-0.2, 0) is 14.8 Å². The summed E-state index contributed by atoms with van der Waals surface area (Å²) in [5, 5.41) is 13.4. The van der Waals surface area contributed by atoms with Gasteiger partial charge in [-0.05, 0) is 37.1 Å². The predicted molar refractivity (Wildman–Crippen MR) is 99.4 cm³/mol. The Morgan fingerprint density at radius 1 is 1.15 bits per heavy atom. The van der Waals surface area contributed by atoms with E-state index in [1.807, 2.05) is 0 Å². The highest BCUT2D eigenvalue weighted by Crippen LogP contribution is 2.22. The Morgan fingerprint density at radius 3 is 2.46 bits per heavy atom. The fourth-order valence-electron chi connectivity index (χ4n) is 2.74. The second-order valence-electron chi connectivity index (χ2n) is 5.99. The Balaban J connectivity index is 1.59. The van der Waals surface area contributed by atoms with Crippen molar-refractivity contribution in [3.05, 3.63) is 30.5 Å². The fourth-order valence-corrected chi connectivity index (χ4v) is 4.84. The van der Waals surface area contributed by atoms with E-state index in [1.54, 1.807) is 34.8 Å². The maximum atomic E-state index is 12.7. The maximum Gasteiger partial charge on any atom is 0.243 e. The lowest BCUT2D eigenvalue weighted by Gasteiger charge is -2.20.